The van der Waals surface area contributed by atoms with E-state index in [0.717, 1.165) is 6.42 Å². The summed E-state index contributed by atoms with van der Waals surface area (Å²) in [5, 5.41) is 21.1. The molecule has 2 aromatic carbocycles. The second-order valence-corrected chi connectivity index (χ2v) is 7.53. The molecule has 1 aliphatic heterocycles. The van der Waals surface area contributed by atoms with Gasteiger partial charge in [-0.25, -0.2) is 0 Å². The number of aliphatic hydroxyl groups excluding tert-OH is 1. The summed E-state index contributed by atoms with van der Waals surface area (Å²) in [7, 11) is 2.92. The highest BCUT2D eigenvalue weighted by Crippen LogP contribution is 2.43. The number of unbranched alkanes of at least 4 members (excludes halogenated alkanes) is 1. The van der Waals surface area contributed by atoms with Crippen molar-refractivity contribution in [3.05, 3.63) is 58.1 Å². The molecular formula is C23H24ClNO6. The van der Waals surface area contributed by atoms with Crippen LogP contribution in [0.15, 0.2) is 42.0 Å². The Bertz CT molecular complexity index is 1050. The molecule has 31 heavy (non-hydrogen) atoms. The molecule has 0 aromatic heterocycles. The van der Waals surface area contributed by atoms with E-state index in [-0.39, 0.29) is 27.7 Å². The molecule has 1 aliphatic rings. The summed E-state index contributed by atoms with van der Waals surface area (Å²) >= 11 is 6.10. The molecule has 8 heteroatoms. The summed E-state index contributed by atoms with van der Waals surface area (Å²) in [6.07, 6.45) is 1.49. The molecule has 164 valence electrons. The highest BCUT2D eigenvalue weighted by Gasteiger charge is 2.46. The summed E-state index contributed by atoms with van der Waals surface area (Å²) in [5.74, 6) is -1.22. The number of nitrogens with zero attached hydrogens (tertiary/aromatic N) is 1. The van der Waals surface area contributed by atoms with Gasteiger partial charge < -0.3 is 24.6 Å². The number of aliphatic hydroxyl groups is 1. The number of ether oxygens (including phenoxy) is 2. The van der Waals surface area contributed by atoms with Crippen LogP contribution in [0.5, 0.6) is 17.2 Å². The van der Waals surface area contributed by atoms with Crippen LogP contribution in [0.4, 0.5) is 0 Å². The van der Waals surface area contributed by atoms with Crippen LogP contribution in [0, 0.1) is 0 Å². The van der Waals surface area contributed by atoms with E-state index >= 15 is 0 Å². The van der Waals surface area contributed by atoms with Crippen molar-refractivity contribution in [1.29, 1.82) is 0 Å². The van der Waals surface area contributed by atoms with E-state index in [1.54, 1.807) is 18.2 Å². The Balaban J connectivity index is 2.25. The molecule has 1 unspecified atom stereocenters. The van der Waals surface area contributed by atoms with Crippen LogP contribution in [0.25, 0.3) is 5.76 Å². The van der Waals surface area contributed by atoms with Crippen LogP contribution >= 0.6 is 11.6 Å². The Morgan fingerprint density at radius 2 is 1.87 bits per heavy atom. The number of ketones is 1. The smallest absolute Gasteiger partial charge is 0.295 e. The van der Waals surface area contributed by atoms with Gasteiger partial charge in [-0.15, -0.1) is 0 Å². The average molecular weight is 446 g/mol. The van der Waals surface area contributed by atoms with Crippen LogP contribution in [0.3, 0.4) is 0 Å². The van der Waals surface area contributed by atoms with Gasteiger partial charge in [-0.1, -0.05) is 31.0 Å². The number of phenols is 1. The lowest BCUT2D eigenvalue weighted by atomic mass is 9.94. The third-order valence-electron chi connectivity index (χ3n) is 5.24. The van der Waals surface area contributed by atoms with E-state index < -0.39 is 17.7 Å². The van der Waals surface area contributed by atoms with Gasteiger partial charge in [0.05, 0.1) is 36.4 Å². The predicted octanol–water partition coefficient (Wildman–Crippen LogP) is 4.28. The number of Topliss-reactive ketones (excluding diaryl/α,β-unsaturated/α-hetero) is 1. The molecule has 2 N–H and O–H groups in total. The van der Waals surface area contributed by atoms with E-state index in [1.807, 2.05) is 6.92 Å². The fraction of sp³-hybridized carbons (Fsp3) is 0.304. The first-order valence-corrected chi connectivity index (χ1v) is 10.2. The number of hydrogen-bond donors (Lipinski definition) is 2. The molecule has 0 bridgehead atoms. The Hall–Kier alpha value is -3.19. The predicted molar refractivity (Wildman–Crippen MR) is 117 cm³/mol. The molecule has 7 nitrogen and oxygen atoms in total. The number of halogens is 1. The van der Waals surface area contributed by atoms with E-state index in [4.69, 9.17) is 21.1 Å². The van der Waals surface area contributed by atoms with Gasteiger partial charge in [-0.3, -0.25) is 9.59 Å². The van der Waals surface area contributed by atoms with Crippen molar-refractivity contribution in [2.45, 2.75) is 25.8 Å². The van der Waals surface area contributed by atoms with Crippen LogP contribution in [0.2, 0.25) is 5.02 Å². The maximum Gasteiger partial charge on any atom is 0.295 e. The normalized spacial score (nSPS) is 17.8. The second-order valence-electron chi connectivity index (χ2n) is 7.12. The fourth-order valence-electron chi connectivity index (χ4n) is 3.62. The SMILES string of the molecule is CCCCN1C(=O)C(=O)/C(=C(/O)c2cc(OC)ccc2OC)C1c1ccc(O)c(Cl)c1. The molecule has 1 heterocycles. The van der Waals surface area contributed by atoms with Gasteiger partial charge in [0.25, 0.3) is 11.7 Å². The van der Waals surface area contributed by atoms with Gasteiger partial charge in [-0.2, -0.15) is 0 Å². The average Bonchev–Trinajstić information content (AvgIpc) is 3.03. The number of carbonyl (C=O) groups is 2. The monoisotopic (exact) mass is 445 g/mol. The number of carbonyl (C=O) groups excluding carboxylic acids is 2. The summed E-state index contributed by atoms with van der Waals surface area (Å²) in [4.78, 5) is 27.3. The third-order valence-corrected chi connectivity index (χ3v) is 5.54. The fourth-order valence-corrected chi connectivity index (χ4v) is 3.81. The number of phenolic OH excluding ortho intramolecular Hbond substituents is 1. The number of benzene rings is 2. The van der Waals surface area contributed by atoms with Gasteiger partial charge >= 0.3 is 0 Å². The van der Waals surface area contributed by atoms with E-state index in [2.05, 4.69) is 0 Å². The zero-order valence-electron chi connectivity index (χ0n) is 17.5. The molecule has 1 saturated heterocycles. The van der Waals surface area contributed by atoms with Crippen LogP contribution in [0.1, 0.15) is 36.9 Å². The van der Waals surface area contributed by atoms with E-state index in [1.165, 1.54) is 37.3 Å². The number of methoxy groups -OCH3 is 2. The standard InChI is InChI=1S/C23H24ClNO6/c1-4-5-10-25-20(13-6-8-17(26)16(24)11-13)19(22(28)23(25)29)21(27)15-12-14(30-2)7-9-18(15)31-3/h6-9,11-12,20,26-27H,4-5,10H2,1-3H3/b21-19+. The largest absolute Gasteiger partial charge is 0.507 e. The molecule has 3 rings (SSSR count). The molecule has 1 atom stereocenters. The number of hydrogen-bond acceptors (Lipinski definition) is 6. The first kappa shape index (κ1) is 22.5. The third kappa shape index (κ3) is 4.18. The zero-order chi connectivity index (χ0) is 22.7. The van der Waals surface area contributed by atoms with E-state index in [9.17, 15) is 19.8 Å². The molecule has 2 aromatic rings. The van der Waals surface area contributed by atoms with Crippen LogP contribution in [-0.2, 0) is 9.59 Å². The topological polar surface area (TPSA) is 96.3 Å². The summed E-state index contributed by atoms with van der Waals surface area (Å²) in [6.45, 7) is 2.31. The maximum atomic E-state index is 13.0. The molecule has 0 spiro atoms. The van der Waals surface area contributed by atoms with Gasteiger partial charge in [0.2, 0.25) is 0 Å². The van der Waals surface area contributed by atoms with Crippen molar-refractivity contribution >= 4 is 29.1 Å². The highest BCUT2D eigenvalue weighted by molar-refractivity contribution is 6.46. The minimum atomic E-state index is -0.861. The van der Waals surface area contributed by atoms with Crippen molar-refractivity contribution in [1.82, 2.24) is 4.90 Å². The quantitative estimate of drug-likeness (QED) is 0.375. The first-order chi connectivity index (χ1) is 14.8. The summed E-state index contributed by atoms with van der Waals surface area (Å²) < 4.78 is 10.6. The van der Waals surface area contributed by atoms with Crippen molar-refractivity contribution in [2.75, 3.05) is 20.8 Å². The highest BCUT2D eigenvalue weighted by atomic mass is 35.5. The number of rotatable bonds is 7. The van der Waals surface area contributed by atoms with Gasteiger partial charge in [0.1, 0.15) is 23.0 Å². The van der Waals surface area contributed by atoms with Crippen molar-refractivity contribution < 1.29 is 29.3 Å². The van der Waals surface area contributed by atoms with Crippen LogP contribution in [-0.4, -0.2) is 47.6 Å². The summed E-state index contributed by atoms with van der Waals surface area (Å²) in [6, 6.07) is 8.40. The molecule has 1 fully saturated rings. The number of amides is 1. The molecule has 0 aliphatic carbocycles. The maximum absolute atomic E-state index is 13.0. The Labute approximate surface area is 185 Å². The lowest BCUT2D eigenvalue weighted by Crippen LogP contribution is -2.30. The van der Waals surface area contributed by atoms with E-state index in [0.29, 0.717) is 30.0 Å². The molecular weight excluding hydrogens is 422 g/mol. The van der Waals surface area contributed by atoms with Crippen LogP contribution < -0.4 is 9.47 Å². The lowest BCUT2D eigenvalue weighted by Gasteiger charge is -2.25. The lowest BCUT2D eigenvalue weighted by molar-refractivity contribution is -0.139. The van der Waals surface area contributed by atoms with Crippen molar-refractivity contribution in [2.24, 2.45) is 0 Å². The minimum absolute atomic E-state index is 0.0746. The zero-order valence-corrected chi connectivity index (χ0v) is 18.3. The van der Waals surface area contributed by atoms with Crippen molar-refractivity contribution in [3.8, 4) is 17.2 Å². The second kappa shape index (κ2) is 9.31. The Morgan fingerprint density at radius 3 is 2.48 bits per heavy atom. The minimum Gasteiger partial charge on any atom is -0.507 e. The molecule has 0 radical (unpaired) electrons. The first-order valence-electron chi connectivity index (χ1n) is 9.83. The number of likely N-dealkylation sites (tertiary alicyclic amines) is 1. The van der Waals surface area contributed by atoms with Crippen molar-refractivity contribution in [3.63, 3.8) is 0 Å². The van der Waals surface area contributed by atoms with Gasteiger partial charge in [-0.05, 0) is 42.3 Å². The number of aromatic hydroxyl groups is 1. The summed E-state index contributed by atoms with van der Waals surface area (Å²) in [5.41, 5.74) is 0.654. The molecule has 0 saturated carbocycles. The Kier molecular flexibility index (Phi) is 6.75. The Morgan fingerprint density at radius 1 is 1.13 bits per heavy atom. The molecule has 1 amide bonds. The van der Waals surface area contributed by atoms with Gasteiger partial charge in [0, 0.05) is 6.54 Å². The van der Waals surface area contributed by atoms with Gasteiger partial charge in [0.15, 0.2) is 0 Å².